The molecule has 2 aromatic carbocycles. The number of ether oxygens (including phenoxy) is 1. The highest BCUT2D eigenvalue weighted by atomic mass is 35.5. The Labute approximate surface area is 186 Å². The third kappa shape index (κ3) is 3.95. The van der Waals surface area contributed by atoms with Crippen molar-refractivity contribution in [3.63, 3.8) is 0 Å². The van der Waals surface area contributed by atoms with Gasteiger partial charge < -0.3 is 9.64 Å². The average molecular weight is 438 g/mol. The monoisotopic (exact) mass is 437 g/mol. The summed E-state index contributed by atoms with van der Waals surface area (Å²) in [5.41, 5.74) is 5.13. The zero-order chi connectivity index (χ0) is 22.1. The molecule has 0 saturated heterocycles. The third-order valence-electron chi connectivity index (χ3n) is 5.59. The summed E-state index contributed by atoms with van der Waals surface area (Å²) in [4.78, 5) is 27.8. The van der Waals surface area contributed by atoms with Crippen LogP contribution in [-0.2, 0) is 17.7 Å². The van der Waals surface area contributed by atoms with E-state index < -0.39 is 5.97 Å². The van der Waals surface area contributed by atoms with Gasteiger partial charge >= 0.3 is 5.97 Å². The van der Waals surface area contributed by atoms with Crippen molar-refractivity contribution in [1.82, 2.24) is 14.7 Å². The zero-order valence-electron chi connectivity index (χ0n) is 17.8. The van der Waals surface area contributed by atoms with Crippen molar-refractivity contribution < 1.29 is 14.3 Å². The van der Waals surface area contributed by atoms with Gasteiger partial charge in [0.2, 0.25) is 0 Å². The van der Waals surface area contributed by atoms with Gasteiger partial charge in [0.05, 0.1) is 39.8 Å². The normalized spacial score (nSPS) is 13.1. The molecule has 1 aliphatic rings. The Morgan fingerprint density at radius 1 is 1.13 bits per heavy atom. The van der Waals surface area contributed by atoms with Gasteiger partial charge in [0, 0.05) is 13.1 Å². The lowest BCUT2D eigenvalue weighted by molar-refractivity contribution is 0.0526. The molecule has 0 N–H and O–H groups in total. The molecular formula is C24H24ClN3O3. The summed E-state index contributed by atoms with van der Waals surface area (Å²) in [5, 5.41) is 5.07. The molecule has 31 heavy (non-hydrogen) atoms. The van der Waals surface area contributed by atoms with Crippen LogP contribution in [0, 0.1) is 13.8 Å². The number of aryl methyl sites for hydroxylation is 1. The topological polar surface area (TPSA) is 64.4 Å². The molecule has 0 radical (unpaired) electrons. The van der Waals surface area contributed by atoms with Crippen molar-refractivity contribution in [2.45, 2.75) is 33.7 Å². The van der Waals surface area contributed by atoms with E-state index in [1.165, 1.54) is 5.56 Å². The van der Waals surface area contributed by atoms with Gasteiger partial charge in [0.25, 0.3) is 5.91 Å². The largest absolute Gasteiger partial charge is 0.462 e. The molecule has 1 amide bonds. The van der Waals surface area contributed by atoms with Crippen LogP contribution in [0.3, 0.4) is 0 Å². The van der Waals surface area contributed by atoms with Gasteiger partial charge in [-0.05, 0) is 56.5 Å². The Kier molecular flexibility index (Phi) is 5.83. The van der Waals surface area contributed by atoms with Crippen molar-refractivity contribution in [3.8, 4) is 5.69 Å². The van der Waals surface area contributed by atoms with Crippen LogP contribution in [0.15, 0.2) is 42.5 Å². The highest BCUT2D eigenvalue weighted by Gasteiger charge is 2.26. The fourth-order valence-electron chi connectivity index (χ4n) is 3.93. The second kappa shape index (κ2) is 8.55. The van der Waals surface area contributed by atoms with Crippen LogP contribution in [0.25, 0.3) is 5.69 Å². The molecule has 4 rings (SSSR count). The Balaban J connectivity index is 1.78. The van der Waals surface area contributed by atoms with Crippen molar-refractivity contribution in [3.05, 3.63) is 81.1 Å². The second-order valence-corrected chi connectivity index (χ2v) is 7.97. The van der Waals surface area contributed by atoms with E-state index in [0.717, 1.165) is 17.7 Å². The minimum Gasteiger partial charge on any atom is -0.462 e. The Hall–Kier alpha value is -3.12. The first kappa shape index (κ1) is 21.1. The number of benzene rings is 2. The third-order valence-corrected chi connectivity index (χ3v) is 6.13. The van der Waals surface area contributed by atoms with Crippen LogP contribution >= 0.6 is 11.6 Å². The van der Waals surface area contributed by atoms with Crippen molar-refractivity contribution >= 4 is 23.5 Å². The molecule has 160 valence electrons. The van der Waals surface area contributed by atoms with Crippen LogP contribution in [-0.4, -0.2) is 39.7 Å². The van der Waals surface area contributed by atoms with Crippen molar-refractivity contribution in [2.24, 2.45) is 0 Å². The molecule has 2 heterocycles. The maximum Gasteiger partial charge on any atom is 0.338 e. The Morgan fingerprint density at radius 2 is 1.87 bits per heavy atom. The fourth-order valence-corrected chi connectivity index (χ4v) is 4.05. The van der Waals surface area contributed by atoms with Gasteiger partial charge in [0.15, 0.2) is 0 Å². The number of carbonyl (C=O) groups is 2. The molecule has 1 aromatic heterocycles. The van der Waals surface area contributed by atoms with E-state index in [4.69, 9.17) is 16.3 Å². The van der Waals surface area contributed by atoms with E-state index in [0.29, 0.717) is 40.6 Å². The highest BCUT2D eigenvalue weighted by molar-refractivity contribution is 6.31. The molecule has 3 aromatic rings. The number of rotatable bonds is 4. The SMILES string of the molecule is CCOC(=O)c1ccc(-n2nc(C)c(Cl)c2C)c(C(=O)N2CCc3ccccc3C2)c1. The van der Waals surface area contributed by atoms with Gasteiger partial charge in [-0.2, -0.15) is 5.10 Å². The summed E-state index contributed by atoms with van der Waals surface area (Å²) >= 11 is 6.36. The maximum atomic E-state index is 13.6. The average Bonchev–Trinajstić information content (AvgIpc) is 3.05. The molecule has 6 nitrogen and oxygen atoms in total. The van der Waals surface area contributed by atoms with E-state index in [1.54, 1.807) is 29.8 Å². The van der Waals surface area contributed by atoms with E-state index >= 15 is 0 Å². The van der Waals surface area contributed by atoms with Crippen LogP contribution in [0.1, 0.15) is 50.2 Å². The molecule has 0 aliphatic carbocycles. The lowest BCUT2D eigenvalue weighted by Gasteiger charge is -2.29. The van der Waals surface area contributed by atoms with Gasteiger partial charge in [-0.1, -0.05) is 35.9 Å². The lowest BCUT2D eigenvalue weighted by atomic mass is 9.98. The molecule has 1 aliphatic heterocycles. The maximum absolute atomic E-state index is 13.6. The Bertz CT molecular complexity index is 1170. The fraction of sp³-hybridized carbons (Fsp3) is 0.292. The first-order valence-corrected chi connectivity index (χ1v) is 10.7. The summed E-state index contributed by atoms with van der Waals surface area (Å²) < 4.78 is 6.80. The quantitative estimate of drug-likeness (QED) is 0.563. The number of hydrogen-bond acceptors (Lipinski definition) is 4. The minimum atomic E-state index is -0.460. The molecule has 0 unspecified atom stereocenters. The first-order chi connectivity index (χ1) is 14.9. The standard InChI is InChI=1S/C24H24ClN3O3/c1-4-31-24(30)18-9-10-21(28-16(3)22(25)15(2)26-28)20(13-18)23(29)27-12-11-17-7-5-6-8-19(17)14-27/h5-10,13H,4,11-12,14H2,1-3H3. The van der Waals surface area contributed by atoms with Gasteiger partial charge in [0.1, 0.15) is 0 Å². The van der Waals surface area contributed by atoms with E-state index in [9.17, 15) is 9.59 Å². The number of carbonyl (C=O) groups excluding carboxylic acids is 2. The van der Waals surface area contributed by atoms with Crippen molar-refractivity contribution in [2.75, 3.05) is 13.2 Å². The smallest absolute Gasteiger partial charge is 0.338 e. The van der Waals surface area contributed by atoms with E-state index in [1.807, 2.05) is 36.9 Å². The molecular weight excluding hydrogens is 414 g/mol. The summed E-state index contributed by atoms with van der Waals surface area (Å²) in [6, 6.07) is 13.1. The number of halogens is 1. The van der Waals surface area contributed by atoms with Gasteiger partial charge in [-0.25, -0.2) is 9.48 Å². The number of amides is 1. The highest BCUT2D eigenvalue weighted by Crippen LogP contribution is 2.27. The molecule has 7 heteroatoms. The Morgan fingerprint density at radius 3 is 2.55 bits per heavy atom. The van der Waals surface area contributed by atoms with Gasteiger partial charge in [-0.3, -0.25) is 4.79 Å². The predicted octanol–water partition coefficient (Wildman–Crippen LogP) is 4.52. The predicted molar refractivity (Wildman–Crippen MR) is 119 cm³/mol. The summed E-state index contributed by atoms with van der Waals surface area (Å²) in [6.45, 7) is 6.82. The molecule has 0 bridgehead atoms. The molecule has 0 spiro atoms. The molecule has 0 fully saturated rings. The van der Waals surface area contributed by atoms with Crippen LogP contribution in [0.5, 0.6) is 0 Å². The number of esters is 1. The molecule has 0 saturated carbocycles. The van der Waals surface area contributed by atoms with Crippen molar-refractivity contribution in [1.29, 1.82) is 0 Å². The number of hydrogen-bond donors (Lipinski definition) is 0. The van der Waals surface area contributed by atoms with Gasteiger partial charge in [-0.15, -0.1) is 0 Å². The van der Waals surface area contributed by atoms with E-state index in [2.05, 4.69) is 11.2 Å². The number of nitrogens with zero attached hydrogens (tertiary/aromatic N) is 3. The summed E-state index contributed by atoms with van der Waals surface area (Å²) in [5.74, 6) is -0.613. The second-order valence-electron chi connectivity index (χ2n) is 7.59. The lowest BCUT2D eigenvalue weighted by Crippen LogP contribution is -2.36. The van der Waals surface area contributed by atoms with E-state index in [-0.39, 0.29) is 12.5 Å². The van der Waals surface area contributed by atoms with Crippen LogP contribution < -0.4 is 0 Å². The first-order valence-electron chi connectivity index (χ1n) is 10.3. The molecule has 0 atom stereocenters. The number of fused-ring (bicyclic) bond motifs is 1. The minimum absolute atomic E-state index is 0.153. The van der Waals surface area contributed by atoms with Crippen LogP contribution in [0.2, 0.25) is 5.02 Å². The summed E-state index contributed by atoms with van der Waals surface area (Å²) in [6.07, 6.45) is 0.792. The van der Waals surface area contributed by atoms with Crippen LogP contribution in [0.4, 0.5) is 0 Å². The zero-order valence-corrected chi connectivity index (χ0v) is 18.6. The number of aromatic nitrogens is 2. The summed E-state index contributed by atoms with van der Waals surface area (Å²) in [7, 11) is 0.